The Labute approximate surface area is 155 Å². The Morgan fingerprint density at radius 3 is 2.56 bits per heavy atom. The van der Waals surface area contributed by atoms with Gasteiger partial charge in [-0.2, -0.15) is 0 Å². The maximum absolute atomic E-state index is 12.6. The molecule has 3 nitrogen and oxygen atoms in total. The smallest absolute Gasteiger partial charge is 0.342 e. The average molecular weight is 363 g/mol. The van der Waals surface area contributed by atoms with Gasteiger partial charge in [0.25, 0.3) is 0 Å². The summed E-state index contributed by atoms with van der Waals surface area (Å²) in [5.41, 5.74) is 0.408. The van der Waals surface area contributed by atoms with E-state index in [4.69, 9.17) is 21.1 Å². The van der Waals surface area contributed by atoms with Crippen molar-refractivity contribution >= 4 is 28.3 Å². The van der Waals surface area contributed by atoms with Crippen LogP contribution in [-0.2, 0) is 4.74 Å². The van der Waals surface area contributed by atoms with Crippen LogP contribution in [0.5, 0.6) is 5.75 Å². The number of ether oxygens (including phenoxy) is 2. The monoisotopic (exact) mass is 362 g/mol. The van der Waals surface area contributed by atoms with Crippen LogP contribution in [0, 0.1) is 5.92 Å². The van der Waals surface area contributed by atoms with E-state index in [9.17, 15) is 4.79 Å². The first-order chi connectivity index (χ1) is 12.0. The van der Waals surface area contributed by atoms with Crippen LogP contribution in [0.3, 0.4) is 0 Å². The largest absolute Gasteiger partial charge is 0.496 e. The van der Waals surface area contributed by atoms with E-state index in [0.29, 0.717) is 28.3 Å². The van der Waals surface area contributed by atoms with Crippen molar-refractivity contribution in [1.82, 2.24) is 0 Å². The highest BCUT2D eigenvalue weighted by molar-refractivity contribution is 6.37. The lowest BCUT2D eigenvalue weighted by Gasteiger charge is -2.13. The summed E-state index contributed by atoms with van der Waals surface area (Å²) in [6.07, 6.45) is 5.63. The molecule has 2 aromatic carbocycles. The summed E-state index contributed by atoms with van der Waals surface area (Å²) in [6, 6.07) is 9.23. The molecule has 0 saturated heterocycles. The lowest BCUT2D eigenvalue weighted by atomic mass is 10.0. The number of hydrogen-bond donors (Lipinski definition) is 0. The van der Waals surface area contributed by atoms with E-state index in [2.05, 4.69) is 13.8 Å². The number of unbranched alkanes of at least 4 members (excludes halogenated alkanes) is 3. The second kappa shape index (κ2) is 9.67. The molecule has 25 heavy (non-hydrogen) atoms. The Kier molecular flexibility index (Phi) is 7.57. The Hall–Kier alpha value is -1.74. The second-order valence-corrected chi connectivity index (χ2v) is 7.12. The fraction of sp³-hybridized carbons (Fsp3) is 0.476. The van der Waals surface area contributed by atoms with E-state index < -0.39 is 0 Å². The maximum atomic E-state index is 12.6. The molecule has 4 heteroatoms. The molecule has 0 fully saturated rings. The highest BCUT2D eigenvalue weighted by Crippen LogP contribution is 2.33. The summed E-state index contributed by atoms with van der Waals surface area (Å²) < 4.78 is 10.8. The zero-order valence-electron chi connectivity index (χ0n) is 15.3. The number of benzene rings is 2. The van der Waals surface area contributed by atoms with E-state index in [1.54, 1.807) is 19.2 Å². The van der Waals surface area contributed by atoms with Gasteiger partial charge in [0, 0.05) is 10.4 Å². The van der Waals surface area contributed by atoms with Gasteiger partial charge in [0.1, 0.15) is 11.3 Å². The van der Waals surface area contributed by atoms with Crippen molar-refractivity contribution in [3.05, 3.63) is 40.9 Å². The van der Waals surface area contributed by atoms with Gasteiger partial charge < -0.3 is 9.47 Å². The van der Waals surface area contributed by atoms with Crippen LogP contribution < -0.4 is 4.74 Å². The fourth-order valence-electron chi connectivity index (χ4n) is 2.93. The SMILES string of the molecule is COc1ccc2cccc(Cl)c2c1C(=O)OCCCCCCC(C)C. The molecule has 0 unspecified atom stereocenters. The standard InChI is InChI=1S/C21H27ClO3/c1-15(2)9-6-4-5-7-14-25-21(23)20-18(24-3)13-12-16-10-8-11-17(22)19(16)20/h8,10-13,15H,4-7,9,14H2,1-3H3. The van der Waals surface area contributed by atoms with Crippen LogP contribution in [0.15, 0.2) is 30.3 Å². The molecule has 0 N–H and O–H groups in total. The van der Waals surface area contributed by atoms with Crippen molar-refractivity contribution in [3.63, 3.8) is 0 Å². The van der Waals surface area contributed by atoms with Crippen LogP contribution in [0.4, 0.5) is 0 Å². The van der Waals surface area contributed by atoms with Gasteiger partial charge in [0.15, 0.2) is 0 Å². The first kappa shape index (κ1) is 19.6. The van der Waals surface area contributed by atoms with Crippen molar-refractivity contribution < 1.29 is 14.3 Å². The van der Waals surface area contributed by atoms with E-state index >= 15 is 0 Å². The molecule has 0 aromatic heterocycles. The molecule has 0 aliphatic rings. The summed E-state index contributed by atoms with van der Waals surface area (Å²) >= 11 is 6.32. The molecule has 2 aromatic rings. The van der Waals surface area contributed by atoms with Crippen molar-refractivity contribution in [2.75, 3.05) is 13.7 Å². The number of halogens is 1. The molecule has 0 bridgehead atoms. The predicted molar refractivity (Wildman–Crippen MR) is 104 cm³/mol. The lowest BCUT2D eigenvalue weighted by Crippen LogP contribution is -2.09. The molecule has 2 rings (SSSR count). The topological polar surface area (TPSA) is 35.5 Å². The quantitative estimate of drug-likeness (QED) is 0.389. The van der Waals surface area contributed by atoms with Gasteiger partial charge in [-0.3, -0.25) is 0 Å². The Morgan fingerprint density at radius 1 is 1.08 bits per heavy atom. The van der Waals surface area contributed by atoms with Gasteiger partial charge in [0.05, 0.1) is 13.7 Å². The van der Waals surface area contributed by atoms with Gasteiger partial charge in [-0.1, -0.05) is 69.3 Å². The van der Waals surface area contributed by atoms with Crippen molar-refractivity contribution in [1.29, 1.82) is 0 Å². The average Bonchev–Trinajstić information content (AvgIpc) is 2.59. The van der Waals surface area contributed by atoms with Crippen molar-refractivity contribution in [2.45, 2.75) is 46.0 Å². The molecular weight excluding hydrogens is 336 g/mol. The van der Waals surface area contributed by atoms with Crippen molar-refractivity contribution in [2.24, 2.45) is 5.92 Å². The highest BCUT2D eigenvalue weighted by Gasteiger charge is 2.19. The molecule has 0 spiro atoms. The van der Waals surface area contributed by atoms with Gasteiger partial charge in [-0.15, -0.1) is 0 Å². The molecule has 0 aliphatic heterocycles. The van der Waals surface area contributed by atoms with Crippen LogP contribution >= 0.6 is 11.6 Å². The summed E-state index contributed by atoms with van der Waals surface area (Å²) in [5, 5.41) is 2.11. The zero-order valence-corrected chi connectivity index (χ0v) is 16.1. The Bertz CT molecular complexity index is 710. The molecule has 0 radical (unpaired) electrons. The molecule has 136 valence electrons. The fourth-order valence-corrected chi connectivity index (χ4v) is 3.21. The Morgan fingerprint density at radius 2 is 1.84 bits per heavy atom. The van der Waals surface area contributed by atoms with E-state index in [0.717, 1.165) is 24.1 Å². The van der Waals surface area contributed by atoms with Crippen LogP contribution in [-0.4, -0.2) is 19.7 Å². The third-order valence-corrected chi connectivity index (χ3v) is 4.60. The first-order valence-corrected chi connectivity index (χ1v) is 9.34. The molecular formula is C21H27ClO3. The number of esters is 1. The summed E-state index contributed by atoms with van der Waals surface area (Å²) in [7, 11) is 1.55. The number of fused-ring (bicyclic) bond motifs is 1. The van der Waals surface area contributed by atoms with Gasteiger partial charge >= 0.3 is 5.97 Å². The van der Waals surface area contributed by atoms with E-state index in [1.807, 2.05) is 18.2 Å². The van der Waals surface area contributed by atoms with Crippen LogP contribution in [0.25, 0.3) is 10.8 Å². The van der Waals surface area contributed by atoms with Gasteiger partial charge in [-0.25, -0.2) is 4.79 Å². The summed E-state index contributed by atoms with van der Waals surface area (Å²) in [4.78, 5) is 12.6. The molecule has 0 aliphatic carbocycles. The minimum Gasteiger partial charge on any atom is -0.496 e. The second-order valence-electron chi connectivity index (χ2n) is 6.71. The number of carbonyl (C=O) groups excluding carboxylic acids is 1. The molecule has 0 amide bonds. The maximum Gasteiger partial charge on any atom is 0.342 e. The molecule has 0 heterocycles. The third-order valence-electron chi connectivity index (χ3n) is 4.29. The van der Waals surface area contributed by atoms with Crippen LogP contribution in [0.2, 0.25) is 5.02 Å². The normalized spacial score (nSPS) is 11.1. The summed E-state index contributed by atoms with van der Waals surface area (Å²) in [6.45, 7) is 4.90. The third kappa shape index (κ3) is 5.37. The first-order valence-electron chi connectivity index (χ1n) is 8.97. The highest BCUT2D eigenvalue weighted by atomic mass is 35.5. The zero-order chi connectivity index (χ0) is 18.2. The molecule has 0 saturated carbocycles. The van der Waals surface area contributed by atoms with Crippen molar-refractivity contribution in [3.8, 4) is 5.75 Å². The minimum atomic E-state index is -0.377. The van der Waals surface area contributed by atoms with Crippen LogP contribution in [0.1, 0.15) is 56.3 Å². The van der Waals surface area contributed by atoms with E-state index in [1.165, 1.54) is 19.3 Å². The van der Waals surface area contributed by atoms with Gasteiger partial charge in [0.2, 0.25) is 0 Å². The number of hydrogen-bond acceptors (Lipinski definition) is 3. The minimum absolute atomic E-state index is 0.377. The van der Waals surface area contributed by atoms with Gasteiger partial charge in [-0.05, 0) is 29.9 Å². The number of carbonyl (C=O) groups is 1. The predicted octanol–water partition coefficient (Wildman–Crippen LogP) is 6.27. The summed E-state index contributed by atoms with van der Waals surface area (Å²) in [5.74, 6) is 0.863. The lowest BCUT2D eigenvalue weighted by molar-refractivity contribution is 0.0496. The Balaban J connectivity index is 1.99. The number of rotatable bonds is 9. The molecule has 0 atom stereocenters. The van der Waals surface area contributed by atoms with E-state index in [-0.39, 0.29) is 5.97 Å². The number of methoxy groups -OCH3 is 1.